The van der Waals surface area contributed by atoms with Gasteiger partial charge in [0.2, 0.25) is 11.8 Å². The number of aromatic nitrogens is 1. The van der Waals surface area contributed by atoms with Crippen molar-refractivity contribution in [2.75, 3.05) is 10.6 Å². The topological polar surface area (TPSA) is 92.2 Å². The number of nitrogens with one attached hydrogen (secondary N) is 3. The molecule has 1 aromatic heterocycles. The summed E-state index contributed by atoms with van der Waals surface area (Å²) in [5, 5.41) is 8.10. The van der Waals surface area contributed by atoms with Gasteiger partial charge >= 0.3 is 0 Å². The van der Waals surface area contributed by atoms with Crippen molar-refractivity contribution in [1.82, 2.24) is 9.88 Å². The molecule has 7 nitrogen and oxygen atoms in total. The maximum atomic E-state index is 12.5. The summed E-state index contributed by atoms with van der Waals surface area (Å²) in [6, 6.07) is 17.0. The minimum absolute atomic E-state index is 0.167. The molecule has 3 N–H and O–H groups in total. The summed E-state index contributed by atoms with van der Waals surface area (Å²) in [4.78, 5) is 37.2. The van der Waals surface area contributed by atoms with E-state index in [1.165, 1.54) is 0 Å². The number of carbonyl (C=O) groups excluding carboxylic acids is 3. The highest BCUT2D eigenvalue weighted by atomic mass is 16.2. The van der Waals surface area contributed by atoms with E-state index in [4.69, 9.17) is 0 Å². The van der Waals surface area contributed by atoms with Crippen molar-refractivity contribution in [3.63, 3.8) is 0 Å². The van der Waals surface area contributed by atoms with Gasteiger partial charge < -0.3 is 20.5 Å². The number of amides is 3. The molecule has 0 spiro atoms. The molecule has 0 saturated heterocycles. The molecule has 0 bridgehead atoms. The maximum Gasteiger partial charge on any atom is 0.254 e. The number of anilines is 2. The zero-order valence-corrected chi connectivity index (χ0v) is 14.9. The van der Waals surface area contributed by atoms with Gasteiger partial charge in [-0.2, -0.15) is 0 Å². The van der Waals surface area contributed by atoms with Gasteiger partial charge in [0.1, 0.15) is 6.04 Å². The second-order valence-electron chi connectivity index (χ2n) is 6.45. The second kappa shape index (κ2) is 7.40. The molecule has 3 amide bonds. The highest BCUT2D eigenvalue weighted by molar-refractivity contribution is 6.11. The van der Waals surface area contributed by atoms with E-state index in [-0.39, 0.29) is 18.2 Å². The number of rotatable bonds is 4. The number of hydrogen-bond acceptors (Lipinski definition) is 3. The van der Waals surface area contributed by atoms with Crippen molar-refractivity contribution in [1.29, 1.82) is 0 Å². The normalized spacial score (nSPS) is 15.8. The number of benzene rings is 2. The van der Waals surface area contributed by atoms with Crippen molar-refractivity contribution in [3.05, 3.63) is 78.6 Å². The molecule has 2 heterocycles. The van der Waals surface area contributed by atoms with E-state index in [1.54, 1.807) is 30.3 Å². The number of hydrogen-bond donors (Lipinski definition) is 3. The van der Waals surface area contributed by atoms with Gasteiger partial charge in [-0.3, -0.25) is 14.4 Å². The van der Waals surface area contributed by atoms with Crippen molar-refractivity contribution >= 4 is 29.1 Å². The zero-order chi connectivity index (χ0) is 19.5. The molecule has 7 heteroatoms. The standard InChI is InChI=1S/C21H18N4O3/c26-19(22-14-6-5-7-15(12-14)25-10-3-4-11-25)13-18-21(28)23-17-9-2-1-8-16(17)20(27)24-18/h1-12,18H,13H2,(H,22,26)(H,23,28)(H,24,27)/t18-/m1/s1. The predicted molar refractivity (Wildman–Crippen MR) is 105 cm³/mol. The fourth-order valence-corrected chi connectivity index (χ4v) is 3.10. The first kappa shape index (κ1) is 17.5. The van der Waals surface area contributed by atoms with Gasteiger partial charge in [0.25, 0.3) is 5.91 Å². The third-order valence-corrected chi connectivity index (χ3v) is 4.47. The van der Waals surface area contributed by atoms with E-state index in [9.17, 15) is 14.4 Å². The Hall–Kier alpha value is -3.87. The van der Waals surface area contributed by atoms with Crippen LogP contribution < -0.4 is 16.0 Å². The maximum absolute atomic E-state index is 12.5. The van der Waals surface area contributed by atoms with Gasteiger partial charge in [0.05, 0.1) is 17.7 Å². The first-order valence-electron chi connectivity index (χ1n) is 8.84. The Balaban J connectivity index is 1.45. The van der Waals surface area contributed by atoms with Crippen LogP contribution in [0.2, 0.25) is 0 Å². The lowest BCUT2D eigenvalue weighted by atomic mass is 10.1. The Morgan fingerprint density at radius 3 is 2.61 bits per heavy atom. The van der Waals surface area contributed by atoms with E-state index in [0.29, 0.717) is 16.9 Å². The lowest BCUT2D eigenvalue weighted by molar-refractivity contribution is -0.122. The van der Waals surface area contributed by atoms with Crippen LogP contribution in [0.1, 0.15) is 16.8 Å². The number of fused-ring (bicyclic) bond motifs is 1. The molecule has 140 valence electrons. The fraction of sp³-hybridized carbons (Fsp3) is 0.0952. The second-order valence-corrected chi connectivity index (χ2v) is 6.45. The SMILES string of the molecule is O=C(C[C@H]1NC(=O)c2ccccc2NC1=O)Nc1cccc(-n2cccc2)c1. The summed E-state index contributed by atoms with van der Waals surface area (Å²) >= 11 is 0. The Labute approximate surface area is 161 Å². The minimum Gasteiger partial charge on any atom is -0.340 e. The third kappa shape index (κ3) is 3.64. The lowest BCUT2D eigenvalue weighted by Crippen LogP contribution is -2.43. The van der Waals surface area contributed by atoms with Crippen LogP contribution in [0, 0.1) is 0 Å². The van der Waals surface area contributed by atoms with Gasteiger partial charge in [-0.1, -0.05) is 18.2 Å². The lowest BCUT2D eigenvalue weighted by Gasteiger charge is -2.15. The van der Waals surface area contributed by atoms with E-state index >= 15 is 0 Å². The molecule has 28 heavy (non-hydrogen) atoms. The van der Waals surface area contributed by atoms with Crippen LogP contribution >= 0.6 is 0 Å². The van der Waals surface area contributed by atoms with Crippen LogP contribution in [-0.4, -0.2) is 28.3 Å². The fourth-order valence-electron chi connectivity index (χ4n) is 3.10. The molecule has 0 aliphatic carbocycles. The Morgan fingerprint density at radius 1 is 1.00 bits per heavy atom. The number of para-hydroxylation sites is 1. The molecule has 1 aliphatic rings. The summed E-state index contributed by atoms with van der Waals surface area (Å²) in [5.41, 5.74) is 2.32. The summed E-state index contributed by atoms with van der Waals surface area (Å²) in [7, 11) is 0. The van der Waals surface area contributed by atoms with Crippen molar-refractivity contribution in [2.45, 2.75) is 12.5 Å². The van der Waals surface area contributed by atoms with E-state index in [1.807, 2.05) is 47.3 Å². The molecule has 0 radical (unpaired) electrons. The largest absolute Gasteiger partial charge is 0.340 e. The summed E-state index contributed by atoms with van der Waals surface area (Å²) in [6.45, 7) is 0. The first-order valence-corrected chi connectivity index (χ1v) is 8.84. The Morgan fingerprint density at radius 2 is 1.79 bits per heavy atom. The van der Waals surface area contributed by atoms with Crippen LogP contribution in [-0.2, 0) is 9.59 Å². The molecular formula is C21H18N4O3. The van der Waals surface area contributed by atoms with Gasteiger partial charge in [-0.05, 0) is 42.5 Å². The van der Waals surface area contributed by atoms with Gasteiger partial charge in [-0.15, -0.1) is 0 Å². The highest BCUT2D eigenvalue weighted by Gasteiger charge is 2.29. The van der Waals surface area contributed by atoms with Crippen LogP contribution in [0.3, 0.4) is 0 Å². The Kier molecular flexibility index (Phi) is 4.63. The number of carbonyl (C=O) groups is 3. The third-order valence-electron chi connectivity index (χ3n) is 4.47. The van der Waals surface area contributed by atoms with Gasteiger partial charge in [0.15, 0.2) is 0 Å². The number of nitrogens with zero attached hydrogens (tertiary/aromatic N) is 1. The molecule has 0 unspecified atom stereocenters. The van der Waals surface area contributed by atoms with Gasteiger partial charge in [-0.25, -0.2) is 0 Å². The van der Waals surface area contributed by atoms with E-state index in [2.05, 4.69) is 16.0 Å². The smallest absolute Gasteiger partial charge is 0.254 e. The molecule has 0 saturated carbocycles. The summed E-state index contributed by atoms with van der Waals surface area (Å²) in [5.74, 6) is -1.17. The van der Waals surface area contributed by atoms with Gasteiger partial charge in [0, 0.05) is 23.8 Å². The molecule has 3 aromatic rings. The average molecular weight is 374 g/mol. The van der Waals surface area contributed by atoms with Crippen molar-refractivity contribution < 1.29 is 14.4 Å². The van der Waals surface area contributed by atoms with Crippen molar-refractivity contribution in [2.24, 2.45) is 0 Å². The molecular weight excluding hydrogens is 356 g/mol. The summed E-state index contributed by atoms with van der Waals surface area (Å²) in [6.07, 6.45) is 3.65. The predicted octanol–water partition coefficient (Wildman–Crippen LogP) is 2.56. The Bertz CT molecular complexity index is 1040. The molecule has 1 atom stereocenters. The zero-order valence-electron chi connectivity index (χ0n) is 14.9. The first-order chi connectivity index (χ1) is 13.6. The quantitative estimate of drug-likeness (QED) is 0.655. The summed E-state index contributed by atoms with van der Waals surface area (Å²) < 4.78 is 1.92. The van der Waals surface area contributed by atoms with Crippen LogP contribution in [0.4, 0.5) is 11.4 Å². The van der Waals surface area contributed by atoms with Crippen LogP contribution in [0.15, 0.2) is 73.1 Å². The van der Waals surface area contributed by atoms with Crippen LogP contribution in [0.25, 0.3) is 5.69 Å². The van der Waals surface area contributed by atoms with Crippen LogP contribution in [0.5, 0.6) is 0 Å². The van der Waals surface area contributed by atoms with Crippen molar-refractivity contribution in [3.8, 4) is 5.69 Å². The molecule has 1 aliphatic heterocycles. The molecule has 4 rings (SSSR count). The molecule has 2 aromatic carbocycles. The average Bonchev–Trinajstić information content (AvgIpc) is 3.19. The van der Waals surface area contributed by atoms with E-state index in [0.717, 1.165) is 5.69 Å². The minimum atomic E-state index is -0.951. The molecule has 0 fully saturated rings. The highest BCUT2D eigenvalue weighted by Crippen LogP contribution is 2.19. The monoisotopic (exact) mass is 374 g/mol. The van der Waals surface area contributed by atoms with E-state index < -0.39 is 11.9 Å².